The van der Waals surface area contributed by atoms with Crippen molar-refractivity contribution in [3.63, 3.8) is 0 Å². The lowest BCUT2D eigenvalue weighted by Gasteiger charge is -2.21. The first-order chi connectivity index (χ1) is 11.2. The first-order valence-electron chi connectivity index (χ1n) is 8.13. The van der Waals surface area contributed by atoms with Crippen LogP contribution in [0.3, 0.4) is 0 Å². The van der Waals surface area contributed by atoms with E-state index in [1.165, 1.54) is 38.1 Å². The van der Waals surface area contributed by atoms with Crippen LogP contribution in [0.15, 0.2) is 18.2 Å². The Kier molecular flexibility index (Phi) is 4.77. The molecule has 0 aromatic heterocycles. The van der Waals surface area contributed by atoms with Crippen molar-refractivity contribution in [3.05, 3.63) is 29.6 Å². The van der Waals surface area contributed by atoms with Gasteiger partial charge < -0.3 is 15.1 Å². The smallest absolute Gasteiger partial charge is 0.321 e. The number of carbonyl (C=O) groups is 1. The molecular formula is C17H21FN4O. The zero-order valence-corrected chi connectivity index (χ0v) is 13.1. The number of benzene rings is 1. The average molecular weight is 316 g/mol. The number of nitriles is 1. The van der Waals surface area contributed by atoms with Crippen LogP contribution in [0.5, 0.6) is 0 Å². The summed E-state index contributed by atoms with van der Waals surface area (Å²) in [5.41, 5.74) is 0.507. The lowest BCUT2D eigenvalue weighted by Crippen LogP contribution is -2.35. The van der Waals surface area contributed by atoms with Gasteiger partial charge in [-0.3, -0.25) is 0 Å². The average Bonchev–Trinajstić information content (AvgIpc) is 3.21. The summed E-state index contributed by atoms with van der Waals surface area (Å²) < 4.78 is 13.1. The van der Waals surface area contributed by atoms with Crippen LogP contribution in [0.25, 0.3) is 0 Å². The highest BCUT2D eigenvalue weighted by atomic mass is 19.1. The molecule has 1 N–H and O–H groups in total. The molecule has 2 aliphatic rings. The number of amides is 2. The van der Waals surface area contributed by atoms with E-state index in [1.54, 1.807) is 4.90 Å². The van der Waals surface area contributed by atoms with Gasteiger partial charge in [-0.05, 0) is 56.5 Å². The summed E-state index contributed by atoms with van der Waals surface area (Å²) in [6.07, 6.45) is 3.56. The second-order valence-corrected chi connectivity index (χ2v) is 6.34. The third-order valence-electron chi connectivity index (χ3n) is 4.63. The molecule has 0 radical (unpaired) electrons. The van der Waals surface area contributed by atoms with Crippen LogP contribution in [0.4, 0.5) is 14.9 Å². The van der Waals surface area contributed by atoms with Crippen LogP contribution in [0.1, 0.15) is 24.8 Å². The van der Waals surface area contributed by atoms with E-state index >= 15 is 0 Å². The summed E-state index contributed by atoms with van der Waals surface area (Å²) in [6, 6.07) is 5.51. The Hall–Kier alpha value is -2.13. The van der Waals surface area contributed by atoms with Crippen LogP contribution in [-0.2, 0) is 0 Å². The number of rotatable bonds is 3. The van der Waals surface area contributed by atoms with Crippen LogP contribution in [-0.4, -0.2) is 48.6 Å². The van der Waals surface area contributed by atoms with Gasteiger partial charge in [0.05, 0.1) is 11.3 Å². The van der Waals surface area contributed by atoms with E-state index < -0.39 is 5.82 Å². The van der Waals surface area contributed by atoms with Crippen molar-refractivity contribution in [1.29, 1.82) is 5.26 Å². The topological polar surface area (TPSA) is 59.4 Å². The van der Waals surface area contributed by atoms with Crippen LogP contribution in [0, 0.1) is 23.1 Å². The van der Waals surface area contributed by atoms with Gasteiger partial charge in [-0.15, -0.1) is 0 Å². The Labute approximate surface area is 135 Å². The molecule has 5 nitrogen and oxygen atoms in total. The Morgan fingerprint density at radius 2 is 2.13 bits per heavy atom. The molecule has 1 aromatic carbocycles. The number of nitrogens with zero attached hydrogens (tertiary/aromatic N) is 3. The van der Waals surface area contributed by atoms with Crippen LogP contribution < -0.4 is 5.32 Å². The van der Waals surface area contributed by atoms with Crippen LogP contribution in [0.2, 0.25) is 0 Å². The molecule has 1 aromatic rings. The molecule has 2 amide bonds. The molecule has 6 heteroatoms. The second-order valence-electron chi connectivity index (χ2n) is 6.34. The number of nitrogens with one attached hydrogen (secondary N) is 1. The van der Waals surface area contributed by atoms with Gasteiger partial charge in [0, 0.05) is 19.6 Å². The SMILES string of the molecule is N#Cc1cc(F)ccc1NC(=O)N1CCC(CN2CCCC2)C1. The molecule has 2 saturated heterocycles. The Bertz CT molecular complexity index is 622. The largest absolute Gasteiger partial charge is 0.324 e. The van der Waals surface area contributed by atoms with Gasteiger partial charge in [-0.25, -0.2) is 9.18 Å². The fourth-order valence-electron chi connectivity index (χ4n) is 3.41. The number of carbonyl (C=O) groups excluding carboxylic acids is 1. The summed E-state index contributed by atoms with van der Waals surface area (Å²) in [7, 11) is 0. The maximum absolute atomic E-state index is 13.1. The van der Waals surface area contributed by atoms with Crippen molar-refractivity contribution >= 4 is 11.7 Å². The van der Waals surface area contributed by atoms with E-state index in [2.05, 4.69) is 10.2 Å². The van der Waals surface area contributed by atoms with Crippen molar-refractivity contribution < 1.29 is 9.18 Å². The van der Waals surface area contributed by atoms with Gasteiger partial charge >= 0.3 is 6.03 Å². The maximum atomic E-state index is 13.1. The minimum Gasteiger partial charge on any atom is -0.324 e. The van der Waals surface area contributed by atoms with Gasteiger partial charge in [0.1, 0.15) is 11.9 Å². The predicted molar refractivity (Wildman–Crippen MR) is 85.5 cm³/mol. The van der Waals surface area contributed by atoms with Gasteiger partial charge in [-0.2, -0.15) is 5.26 Å². The van der Waals surface area contributed by atoms with E-state index in [0.717, 1.165) is 32.1 Å². The predicted octanol–water partition coefficient (Wildman–Crippen LogP) is 2.65. The number of urea groups is 1. The molecule has 23 heavy (non-hydrogen) atoms. The van der Waals surface area contributed by atoms with Gasteiger partial charge in [0.25, 0.3) is 0 Å². The normalized spacial score (nSPS) is 21.4. The second kappa shape index (κ2) is 6.97. The van der Waals surface area contributed by atoms with Gasteiger partial charge in [0.15, 0.2) is 0 Å². The minimum absolute atomic E-state index is 0.145. The maximum Gasteiger partial charge on any atom is 0.321 e. The van der Waals surface area contributed by atoms with Gasteiger partial charge in [-0.1, -0.05) is 0 Å². The standard InChI is InChI=1S/C17H21FN4O/c18-15-3-4-16(14(9-15)10-19)20-17(23)22-8-5-13(12-22)11-21-6-1-2-7-21/h3-4,9,13H,1-2,5-8,11-12H2,(H,20,23). The fourth-order valence-corrected chi connectivity index (χ4v) is 3.41. The van der Waals surface area contributed by atoms with Crippen molar-refractivity contribution in [1.82, 2.24) is 9.80 Å². The summed E-state index contributed by atoms with van der Waals surface area (Å²) >= 11 is 0. The van der Waals surface area contributed by atoms with Crippen molar-refractivity contribution in [2.24, 2.45) is 5.92 Å². The molecule has 1 unspecified atom stereocenters. The van der Waals surface area contributed by atoms with E-state index in [9.17, 15) is 9.18 Å². The summed E-state index contributed by atoms with van der Waals surface area (Å²) in [6.45, 7) is 4.87. The molecule has 122 valence electrons. The minimum atomic E-state index is -0.480. The third-order valence-corrected chi connectivity index (χ3v) is 4.63. The zero-order chi connectivity index (χ0) is 16.2. The number of likely N-dealkylation sites (tertiary alicyclic amines) is 2. The van der Waals surface area contributed by atoms with Crippen molar-refractivity contribution in [2.75, 3.05) is 38.0 Å². The molecule has 1 atom stereocenters. The van der Waals surface area contributed by atoms with E-state index in [0.29, 0.717) is 11.6 Å². The molecule has 0 saturated carbocycles. The lowest BCUT2D eigenvalue weighted by atomic mass is 10.1. The quantitative estimate of drug-likeness (QED) is 0.932. The highest BCUT2D eigenvalue weighted by Crippen LogP contribution is 2.22. The lowest BCUT2D eigenvalue weighted by molar-refractivity contribution is 0.217. The molecular weight excluding hydrogens is 295 g/mol. The number of halogens is 1. The van der Waals surface area contributed by atoms with Crippen molar-refractivity contribution in [3.8, 4) is 6.07 Å². The fraction of sp³-hybridized carbons (Fsp3) is 0.529. The highest BCUT2D eigenvalue weighted by Gasteiger charge is 2.28. The molecule has 2 aliphatic heterocycles. The first-order valence-corrected chi connectivity index (χ1v) is 8.13. The van der Waals surface area contributed by atoms with E-state index in [4.69, 9.17) is 5.26 Å². The van der Waals surface area contributed by atoms with E-state index in [-0.39, 0.29) is 11.6 Å². The number of hydrogen-bond donors (Lipinski definition) is 1. The van der Waals surface area contributed by atoms with Gasteiger partial charge in [0.2, 0.25) is 0 Å². The molecule has 2 fully saturated rings. The van der Waals surface area contributed by atoms with Crippen LogP contribution >= 0.6 is 0 Å². The molecule has 0 spiro atoms. The number of hydrogen-bond acceptors (Lipinski definition) is 3. The Morgan fingerprint density at radius 1 is 1.35 bits per heavy atom. The third kappa shape index (κ3) is 3.80. The molecule has 0 bridgehead atoms. The monoisotopic (exact) mass is 316 g/mol. The summed E-state index contributed by atoms with van der Waals surface area (Å²) in [5.74, 6) is 0.0360. The van der Waals surface area contributed by atoms with Crippen molar-refractivity contribution in [2.45, 2.75) is 19.3 Å². The highest BCUT2D eigenvalue weighted by molar-refractivity contribution is 5.91. The zero-order valence-electron chi connectivity index (χ0n) is 13.1. The first kappa shape index (κ1) is 15.8. The van der Waals surface area contributed by atoms with E-state index in [1.807, 2.05) is 6.07 Å². The number of anilines is 1. The Morgan fingerprint density at radius 3 is 2.87 bits per heavy atom. The molecule has 3 rings (SSSR count). The molecule has 0 aliphatic carbocycles. The summed E-state index contributed by atoms with van der Waals surface area (Å²) in [4.78, 5) is 16.6. The Balaban J connectivity index is 1.56. The molecule has 2 heterocycles. The summed E-state index contributed by atoms with van der Waals surface area (Å²) in [5, 5.41) is 11.8.